The number of alkyl halides is 3. The van der Waals surface area contributed by atoms with Crippen LogP contribution in [0.4, 0.5) is 13.2 Å². The van der Waals surface area contributed by atoms with Gasteiger partial charge in [0, 0.05) is 0 Å². The Kier molecular flexibility index (Phi) is 7.26. The number of likely N-dealkylation sites (N-methyl/N-ethyl adjacent to an activating group) is 1. The second-order valence-electron chi connectivity index (χ2n) is 7.34. The molecule has 7 nitrogen and oxygen atoms in total. The fourth-order valence-corrected chi connectivity index (χ4v) is 3.24. The first-order chi connectivity index (χ1) is 15.2. The van der Waals surface area contributed by atoms with Gasteiger partial charge < -0.3 is 15.0 Å². The molecular weight excluding hydrogens is 423 g/mol. The van der Waals surface area contributed by atoms with Crippen molar-refractivity contribution in [3.63, 3.8) is 0 Å². The van der Waals surface area contributed by atoms with E-state index in [0.29, 0.717) is 30.3 Å². The van der Waals surface area contributed by atoms with Crippen LogP contribution < -0.4 is 5.73 Å². The number of nitrogens with zero attached hydrogens (tertiary/aromatic N) is 4. The Bertz CT molecular complexity index is 1050. The van der Waals surface area contributed by atoms with Crippen LogP contribution in [0.5, 0.6) is 0 Å². The third-order valence-electron chi connectivity index (χ3n) is 4.96. The fourth-order valence-electron chi connectivity index (χ4n) is 3.24. The quantitative estimate of drug-likeness (QED) is 0.534. The number of rotatable bonds is 8. The van der Waals surface area contributed by atoms with Gasteiger partial charge in [0.2, 0.25) is 0 Å². The first-order valence-corrected chi connectivity index (χ1v) is 9.84. The monoisotopic (exact) mass is 447 g/mol. The van der Waals surface area contributed by atoms with E-state index in [-0.39, 0.29) is 19.1 Å². The summed E-state index contributed by atoms with van der Waals surface area (Å²) in [6, 6.07) is 12.6. The molecule has 2 N–H and O–H groups in total. The lowest BCUT2D eigenvalue weighted by atomic mass is 10.0. The van der Waals surface area contributed by atoms with Gasteiger partial charge in [-0.3, -0.25) is 9.69 Å². The topological polar surface area (TPSA) is 86.3 Å². The highest BCUT2D eigenvalue weighted by Gasteiger charge is 2.29. The average molecular weight is 447 g/mol. The number of esters is 1. The van der Waals surface area contributed by atoms with Gasteiger partial charge in [0.05, 0.1) is 38.9 Å². The molecule has 0 saturated heterocycles. The number of carbonyl (C=O) groups excluding carboxylic acids is 1. The molecule has 0 fully saturated rings. The minimum Gasteiger partial charge on any atom is -0.468 e. The lowest BCUT2D eigenvalue weighted by molar-refractivity contribution is -0.141. The average Bonchev–Trinajstić information content (AvgIpc) is 3.14. The summed E-state index contributed by atoms with van der Waals surface area (Å²) in [6.45, 7) is 1.17. The highest BCUT2D eigenvalue weighted by Crippen LogP contribution is 2.31. The molecule has 3 aromatic rings. The van der Waals surface area contributed by atoms with Crippen LogP contribution in [0.25, 0.3) is 11.1 Å². The van der Waals surface area contributed by atoms with Crippen LogP contribution in [0, 0.1) is 0 Å². The zero-order valence-electron chi connectivity index (χ0n) is 17.8. The van der Waals surface area contributed by atoms with Crippen LogP contribution in [0.15, 0.2) is 48.5 Å². The summed E-state index contributed by atoms with van der Waals surface area (Å²) in [5, 5.41) is 8.33. The summed E-state index contributed by atoms with van der Waals surface area (Å²) >= 11 is 0. The summed E-state index contributed by atoms with van der Waals surface area (Å²) in [4.78, 5) is 13.2. The van der Waals surface area contributed by atoms with E-state index in [1.54, 1.807) is 11.9 Å². The maximum absolute atomic E-state index is 12.8. The molecule has 0 aliphatic heterocycles. The molecule has 2 aromatic carbocycles. The molecule has 32 heavy (non-hydrogen) atoms. The number of halogens is 3. The smallest absolute Gasteiger partial charge is 0.416 e. The number of benzene rings is 2. The summed E-state index contributed by atoms with van der Waals surface area (Å²) < 4.78 is 44.9. The second-order valence-corrected chi connectivity index (χ2v) is 7.34. The molecular formula is C22H24F3N5O2. The second kappa shape index (κ2) is 9.92. The largest absolute Gasteiger partial charge is 0.468 e. The molecule has 0 aliphatic carbocycles. The van der Waals surface area contributed by atoms with Crippen molar-refractivity contribution in [2.45, 2.75) is 25.8 Å². The molecule has 0 unspecified atom stereocenters. The number of carbonyl (C=O) groups is 1. The molecule has 10 heteroatoms. The van der Waals surface area contributed by atoms with Crippen LogP contribution in [-0.2, 0) is 35.3 Å². The van der Waals surface area contributed by atoms with Crippen LogP contribution >= 0.6 is 0 Å². The van der Waals surface area contributed by atoms with Crippen molar-refractivity contribution >= 4 is 5.97 Å². The maximum Gasteiger partial charge on any atom is 0.416 e. The number of hydrogen-bond acceptors (Lipinski definition) is 6. The van der Waals surface area contributed by atoms with E-state index in [1.165, 1.54) is 19.2 Å². The van der Waals surface area contributed by atoms with Gasteiger partial charge in [0.1, 0.15) is 11.6 Å². The standard InChI is InChI=1S/C22H24F3N5O2/c1-29(14-21(31)32-2)13-20-28-27-19(11-26)30(20)12-15-3-5-16(6-4-15)17-7-9-18(10-8-17)22(23,24)25/h3-10H,11-14,26H2,1-2H3. The number of nitrogens with two attached hydrogens (primary N) is 1. The predicted octanol–water partition coefficient (Wildman–Crippen LogP) is 3.08. The van der Waals surface area contributed by atoms with Crippen LogP contribution in [-0.4, -0.2) is 46.3 Å². The van der Waals surface area contributed by atoms with Gasteiger partial charge in [-0.1, -0.05) is 36.4 Å². The lowest BCUT2D eigenvalue weighted by Gasteiger charge is -2.16. The highest BCUT2D eigenvalue weighted by atomic mass is 19.4. The van der Waals surface area contributed by atoms with E-state index in [0.717, 1.165) is 23.3 Å². The van der Waals surface area contributed by atoms with Crippen molar-refractivity contribution in [1.82, 2.24) is 19.7 Å². The maximum atomic E-state index is 12.8. The number of aromatic nitrogens is 3. The Morgan fingerprint density at radius 3 is 2.12 bits per heavy atom. The molecule has 0 atom stereocenters. The van der Waals surface area contributed by atoms with Gasteiger partial charge >= 0.3 is 12.1 Å². The number of methoxy groups -OCH3 is 1. The van der Waals surface area contributed by atoms with E-state index in [4.69, 9.17) is 5.73 Å². The van der Waals surface area contributed by atoms with E-state index >= 15 is 0 Å². The third-order valence-corrected chi connectivity index (χ3v) is 4.96. The molecule has 0 bridgehead atoms. The van der Waals surface area contributed by atoms with Crippen LogP contribution in [0.2, 0.25) is 0 Å². The summed E-state index contributed by atoms with van der Waals surface area (Å²) in [5.41, 5.74) is 7.58. The number of hydrogen-bond donors (Lipinski definition) is 1. The van der Waals surface area contributed by atoms with Crippen LogP contribution in [0.3, 0.4) is 0 Å². The Labute approximate surface area is 183 Å². The third kappa shape index (κ3) is 5.71. The Morgan fingerprint density at radius 1 is 1.03 bits per heavy atom. The molecule has 0 saturated carbocycles. The molecule has 0 amide bonds. The fraction of sp³-hybridized carbons (Fsp3) is 0.318. The molecule has 0 spiro atoms. The molecule has 3 rings (SSSR count). The first kappa shape index (κ1) is 23.4. The highest BCUT2D eigenvalue weighted by molar-refractivity contribution is 5.71. The van der Waals surface area contributed by atoms with E-state index in [9.17, 15) is 18.0 Å². The van der Waals surface area contributed by atoms with Gasteiger partial charge in [0.15, 0.2) is 0 Å². The lowest BCUT2D eigenvalue weighted by Crippen LogP contribution is -2.28. The van der Waals surface area contributed by atoms with Gasteiger partial charge in [-0.2, -0.15) is 13.2 Å². The minimum atomic E-state index is -4.36. The zero-order valence-corrected chi connectivity index (χ0v) is 17.8. The van der Waals surface area contributed by atoms with Gasteiger partial charge in [0.25, 0.3) is 0 Å². The molecule has 1 heterocycles. The van der Waals surface area contributed by atoms with Gasteiger partial charge in [-0.25, -0.2) is 0 Å². The SMILES string of the molecule is COC(=O)CN(C)Cc1nnc(CN)n1Cc1ccc(-c2ccc(C(F)(F)F)cc2)cc1. The first-order valence-electron chi connectivity index (χ1n) is 9.84. The van der Waals surface area contributed by atoms with Crippen molar-refractivity contribution in [3.05, 3.63) is 71.3 Å². The van der Waals surface area contributed by atoms with E-state index in [2.05, 4.69) is 14.9 Å². The number of ether oxygens (including phenoxy) is 1. The minimum absolute atomic E-state index is 0.114. The Hall–Kier alpha value is -3.24. The van der Waals surface area contributed by atoms with Crippen LogP contribution in [0.1, 0.15) is 22.8 Å². The molecule has 0 aliphatic rings. The Balaban J connectivity index is 1.75. The van der Waals surface area contributed by atoms with Crippen molar-refractivity contribution in [2.75, 3.05) is 20.7 Å². The molecule has 0 radical (unpaired) electrons. The summed E-state index contributed by atoms with van der Waals surface area (Å²) in [5.74, 6) is 0.915. The van der Waals surface area contributed by atoms with E-state index in [1.807, 2.05) is 28.8 Å². The van der Waals surface area contributed by atoms with Crippen molar-refractivity contribution in [1.29, 1.82) is 0 Å². The Morgan fingerprint density at radius 2 is 1.59 bits per heavy atom. The van der Waals surface area contributed by atoms with Crippen molar-refractivity contribution < 1.29 is 22.7 Å². The van der Waals surface area contributed by atoms with Gasteiger partial charge in [-0.15, -0.1) is 10.2 Å². The zero-order chi connectivity index (χ0) is 23.3. The van der Waals surface area contributed by atoms with E-state index < -0.39 is 11.7 Å². The summed E-state index contributed by atoms with van der Waals surface area (Å²) in [7, 11) is 3.11. The molecule has 1 aromatic heterocycles. The van der Waals surface area contributed by atoms with Crippen molar-refractivity contribution in [2.24, 2.45) is 5.73 Å². The predicted molar refractivity (Wildman–Crippen MR) is 112 cm³/mol. The van der Waals surface area contributed by atoms with Gasteiger partial charge in [-0.05, 0) is 35.9 Å². The summed E-state index contributed by atoms with van der Waals surface area (Å²) in [6.07, 6.45) is -4.36. The molecule has 170 valence electrons. The normalized spacial score (nSPS) is 11.7. The van der Waals surface area contributed by atoms with Crippen molar-refractivity contribution in [3.8, 4) is 11.1 Å².